The maximum Gasteiger partial charge on any atom is 0.292 e. The van der Waals surface area contributed by atoms with Crippen LogP contribution >= 0.6 is 0 Å². The number of hydrogen-bond acceptors (Lipinski definition) is 6. The summed E-state index contributed by atoms with van der Waals surface area (Å²) < 4.78 is 5.46. The highest BCUT2D eigenvalue weighted by Crippen LogP contribution is 2.24. The van der Waals surface area contributed by atoms with E-state index in [1.54, 1.807) is 6.92 Å². The molecule has 1 aromatic rings. The second kappa shape index (κ2) is 6.06. The van der Waals surface area contributed by atoms with Crippen LogP contribution in [0.3, 0.4) is 0 Å². The molecule has 0 bridgehead atoms. The van der Waals surface area contributed by atoms with E-state index >= 15 is 0 Å². The Morgan fingerprint density at radius 2 is 2.29 bits per heavy atom. The number of morpholine rings is 1. The molecule has 1 fully saturated rings. The minimum Gasteiger partial charge on any atom is -0.394 e. The van der Waals surface area contributed by atoms with Crippen molar-refractivity contribution < 1.29 is 19.6 Å². The van der Waals surface area contributed by atoms with Gasteiger partial charge in [0.05, 0.1) is 23.7 Å². The largest absolute Gasteiger partial charge is 0.394 e. The predicted octanol–water partition coefficient (Wildman–Crippen LogP) is 0.399. The topological polar surface area (TPSA) is 119 Å². The second-order valence-corrected chi connectivity index (χ2v) is 4.99. The van der Waals surface area contributed by atoms with Crippen molar-refractivity contribution in [3.8, 4) is 0 Å². The van der Waals surface area contributed by atoms with Crippen LogP contribution in [0.5, 0.6) is 0 Å². The third kappa shape index (κ3) is 3.29. The van der Waals surface area contributed by atoms with Crippen LogP contribution < -0.4 is 5.73 Å². The first-order valence-electron chi connectivity index (χ1n) is 6.52. The Labute approximate surface area is 121 Å². The smallest absolute Gasteiger partial charge is 0.292 e. The Morgan fingerprint density at radius 3 is 2.90 bits per heavy atom. The van der Waals surface area contributed by atoms with Gasteiger partial charge in [0.2, 0.25) is 0 Å². The lowest BCUT2D eigenvalue weighted by Gasteiger charge is -2.36. The number of aliphatic hydroxyl groups excluding tert-OH is 1. The van der Waals surface area contributed by atoms with Crippen molar-refractivity contribution >= 4 is 17.3 Å². The van der Waals surface area contributed by atoms with Crippen LogP contribution in [0.1, 0.15) is 17.3 Å². The number of nitro benzene ring substituents is 1. The third-order valence-corrected chi connectivity index (χ3v) is 3.29. The molecule has 0 aromatic heterocycles. The number of carbonyl (C=O) groups excluding carboxylic acids is 1. The van der Waals surface area contributed by atoms with Gasteiger partial charge in [0.15, 0.2) is 0 Å². The van der Waals surface area contributed by atoms with Gasteiger partial charge in [0, 0.05) is 24.7 Å². The van der Waals surface area contributed by atoms with Crippen molar-refractivity contribution in [2.75, 3.05) is 25.4 Å². The van der Waals surface area contributed by atoms with Gasteiger partial charge in [0.1, 0.15) is 5.69 Å². The standard InChI is InChI=1S/C13H17N3O5/c1-8-5-15(6-10(7-17)21-8)13(18)9-2-3-11(14)12(4-9)16(19)20/h2-4,8,10,17H,5-7,14H2,1H3. The highest BCUT2D eigenvalue weighted by Gasteiger charge is 2.29. The summed E-state index contributed by atoms with van der Waals surface area (Å²) in [6, 6.07) is 3.98. The maximum atomic E-state index is 12.4. The van der Waals surface area contributed by atoms with Crippen LogP contribution in [0, 0.1) is 10.1 Å². The molecule has 1 aromatic carbocycles. The summed E-state index contributed by atoms with van der Waals surface area (Å²) in [4.78, 5) is 24.2. The molecule has 21 heavy (non-hydrogen) atoms. The van der Waals surface area contributed by atoms with Gasteiger partial charge in [-0.2, -0.15) is 0 Å². The highest BCUT2D eigenvalue weighted by molar-refractivity contribution is 5.95. The number of nitro groups is 1. The zero-order valence-electron chi connectivity index (χ0n) is 11.6. The van der Waals surface area contributed by atoms with Crippen molar-refractivity contribution in [3.05, 3.63) is 33.9 Å². The van der Waals surface area contributed by atoms with Gasteiger partial charge in [-0.05, 0) is 19.1 Å². The first-order chi connectivity index (χ1) is 9.92. The van der Waals surface area contributed by atoms with Crippen molar-refractivity contribution in [2.24, 2.45) is 0 Å². The Balaban J connectivity index is 2.23. The Bertz CT molecular complexity index is 563. The molecule has 8 nitrogen and oxygen atoms in total. The van der Waals surface area contributed by atoms with Gasteiger partial charge in [-0.25, -0.2) is 0 Å². The number of aliphatic hydroxyl groups is 1. The Morgan fingerprint density at radius 1 is 1.57 bits per heavy atom. The summed E-state index contributed by atoms with van der Waals surface area (Å²) in [5.74, 6) is -0.341. The van der Waals surface area contributed by atoms with Gasteiger partial charge in [-0.1, -0.05) is 0 Å². The summed E-state index contributed by atoms with van der Waals surface area (Å²) in [6.07, 6.45) is -0.648. The molecule has 2 unspecified atom stereocenters. The number of nitrogens with two attached hydrogens (primary N) is 1. The number of nitrogen functional groups attached to an aromatic ring is 1. The fourth-order valence-electron chi connectivity index (χ4n) is 2.33. The van der Waals surface area contributed by atoms with E-state index in [2.05, 4.69) is 0 Å². The number of rotatable bonds is 3. The van der Waals surface area contributed by atoms with Crippen molar-refractivity contribution in [1.29, 1.82) is 0 Å². The number of nitrogens with zero attached hydrogens (tertiary/aromatic N) is 2. The molecule has 1 heterocycles. The van der Waals surface area contributed by atoms with E-state index in [0.717, 1.165) is 0 Å². The molecule has 0 spiro atoms. The number of amides is 1. The molecular weight excluding hydrogens is 278 g/mol. The zero-order valence-corrected chi connectivity index (χ0v) is 11.6. The molecule has 8 heteroatoms. The summed E-state index contributed by atoms with van der Waals surface area (Å²) in [5.41, 5.74) is 5.43. The molecule has 1 saturated heterocycles. The predicted molar refractivity (Wildman–Crippen MR) is 74.8 cm³/mol. The van der Waals surface area contributed by atoms with Gasteiger partial charge in [-0.15, -0.1) is 0 Å². The normalized spacial score (nSPS) is 22.1. The highest BCUT2D eigenvalue weighted by atomic mass is 16.6. The molecule has 114 valence electrons. The number of hydrogen-bond donors (Lipinski definition) is 2. The summed E-state index contributed by atoms with van der Waals surface area (Å²) in [5, 5.41) is 20.0. The summed E-state index contributed by atoms with van der Waals surface area (Å²) >= 11 is 0. The lowest BCUT2D eigenvalue weighted by Crippen LogP contribution is -2.50. The van der Waals surface area contributed by atoms with E-state index < -0.39 is 11.0 Å². The van der Waals surface area contributed by atoms with Crippen LogP contribution in [0.4, 0.5) is 11.4 Å². The lowest BCUT2D eigenvalue weighted by molar-refractivity contribution is -0.383. The molecule has 1 amide bonds. The minimum absolute atomic E-state index is 0.0140. The fraction of sp³-hybridized carbons (Fsp3) is 0.462. The maximum absolute atomic E-state index is 12.4. The van der Waals surface area contributed by atoms with Gasteiger partial charge in [-0.3, -0.25) is 14.9 Å². The van der Waals surface area contributed by atoms with Gasteiger partial charge < -0.3 is 20.5 Å². The average Bonchev–Trinajstić information content (AvgIpc) is 2.46. The molecule has 0 aliphatic carbocycles. The van der Waals surface area contributed by atoms with Crippen LogP contribution in [-0.4, -0.2) is 52.7 Å². The van der Waals surface area contributed by atoms with Crippen LogP contribution in [0.2, 0.25) is 0 Å². The van der Waals surface area contributed by atoms with E-state index in [1.807, 2.05) is 0 Å². The number of carbonyl (C=O) groups is 1. The molecule has 1 aliphatic heterocycles. The van der Waals surface area contributed by atoms with Crippen molar-refractivity contribution in [1.82, 2.24) is 4.90 Å². The SMILES string of the molecule is CC1CN(C(=O)c2ccc(N)c([N+](=O)[O-])c2)CC(CO)O1. The average molecular weight is 295 g/mol. The number of benzene rings is 1. The van der Waals surface area contributed by atoms with Gasteiger partial charge in [0.25, 0.3) is 11.6 Å². The number of ether oxygens (including phenoxy) is 1. The quantitative estimate of drug-likeness (QED) is 0.473. The molecular formula is C13H17N3O5. The molecule has 0 radical (unpaired) electrons. The van der Waals surface area contributed by atoms with E-state index in [0.29, 0.717) is 6.54 Å². The van der Waals surface area contributed by atoms with E-state index in [4.69, 9.17) is 15.6 Å². The Kier molecular flexibility index (Phi) is 4.39. The lowest BCUT2D eigenvalue weighted by atomic mass is 10.1. The molecule has 3 N–H and O–H groups in total. The molecule has 0 saturated carbocycles. The summed E-state index contributed by atoms with van der Waals surface area (Å²) in [7, 11) is 0. The van der Waals surface area contributed by atoms with Crippen LogP contribution in [0.15, 0.2) is 18.2 Å². The van der Waals surface area contributed by atoms with Crippen LogP contribution in [-0.2, 0) is 4.74 Å². The monoisotopic (exact) mass is 295 g/mol. The van der Waals surface area contributed by atoms with E-state index in [1.165, 1.54) is 23.1 Å². The molecule has 2 rings (SSSR count). The van der Waals surface area contributed by atoms with E-state index in [9.17, 15) is 14.9 Å². The Hall–Kier alpha value is -2.19. The molecule has 1 aliphatic rings. The second-order valence-electron chi connectivity index (χ2n) is 4.99. The third-order valence-electron chi connectivity index (χ3n) is 3.29. The van der Waals surface area contributed by atoms with Crippen molar-refractivity contribution in [2.45, 2.75) is 19.1 Å². The summed E-state index contributed by atoms with van der Waals surface area (Å²) in [6.45, 7) is 2.23. The zero-order chi connectivity index (χ0) is 15.6. The minimum atomic E-state index is -0.620. The number of anilines is 1. The first kappa shape index (κ1) is 15.2. The van der Waals surface area contributed by atoms with Gasteiger partial charge >= 0.3 is 0 Å². The van der Waals surface area contributed by atoms with Crippen molar-refractivity contribution in [3.63, 3.8) is 0 Å². The molecule has 2 atom stereocenters. The van der Waals surface area contributed by atoms with Crippen LogP contribution in [0.25, 0.3) is 0 Å². The first-order valence-corrected chi connectivity index (χ1v) is 6.52. The van der Waals surface area contributed by atoms with E-state index in [-0.39, 0.29) is 42.1 Å². The fourth-order valence-corrected chi connectivity index (χ4v) is 2.33.